The zero-order valence-electron chi connectivity index (χ0n) is 23.3. The van der Waals surface area contributed by atoms with Crippen molar-refractivity contribution < 1.29 is 33.3 Å². The van der Waals surface area contributed by atoms with Crippen LogP contribution in [0.15, 0.2) is 36.4 Å². The number of rotatable bonds is 9. The summed E-state index contributed by atoms with van der Waals surface area (Å²) in [6.45, 7) is 14.8. The van der Waals surface area contributed by atoms with E-state index < -0.39 is 16.8 Å². The zero-order chi connectivity index (χ0) is 28.0. The first kappa shape index (κ1) is 29.6. The van der Waals surface area contributed by atoms with Gasteiger partial charge in [0.1, 0.15) is 5.75 Å². The fourth-order valence-electron chi connectivity index (χ4n) is 3.02. The average Bonchev–Trinajstić information content (AvgIpc) is 2.81. The Labute approximate surface area is 219 Å². The Morgan fingerprint density at radius 1 is 0.838 bits per heavy atom. The number of hydrogen-bond acceptors (Lipinski definition) is 7. The normalized spacial score (nSPS) is 11.8. The van der Waals surface area contributed by atoms with Gasteiger partial charge >= 0.3 is 11.9 Å². The van der Waals surface area contributed by atoms with E-state index in [0.717, 1.165) is 6.42 Å². The molecule has 200 valence electrons. The van der Waals surface area contributed by atoms with Gasteiger partial charge in [0, 0.05) is 11.1 Å². The van der Waals surface area contributed by atoms with Crippen LogP contribution in [0.1, 0.15) is 76.4 Å². The Kier molecular flexibility index (Phi) is 9.67. The molecule has 0 bridgehead atoms. The quantitative estimate of drug-likeness (QED) is 0.163. The minimum atomic E-state index is -0.701. The fraction of sp³-hybridized carbons (Fsp3) is 0.433. The molecule has 0 radical (unpaired) electrons. The molecule has 0 unspecified atom stereocenters. The molecule has 37 heavy (non-hydrogen) atoms. The van der Waals surface area contributed by atoms with Gasteiger partial charge in [0.05, 0.1) is 24.5 Å². The minimum Gasteiger partial charge on any atom is -0.490 e. The number of hydrogen-bond donors (Lipinski definition) is 0. The molecule has 7 heteroatoms. The highest BCUT2D eigenvalue weighted by Gasteiger charge is 2.28. The molecule has 0 aliphatic rings. The number of allylic oxidation sites excluding steroid dienone is 1. The second kappa shape index (κ2) is 12.1. The van der Waals surface area contributed by atoms with Gasteiger partial charge < -0.3 is 18.9 Å². The molecular formula is C30H38O7. The average molecular weight is 511 g/mol. The molecule has 0 aliphatic carbocycles. The molecule has 2 rings (SSSR count). The number of carbonyl (C=O) groups is 3. The van der Waals surface area contributed by atoms with Gasteiger partial charge in [-0.3, -0.25) is 14.4 Å². The van der Waals surface area contributed by atoms with Gasteiger partial charge in [0.15, 0.2) is 17.3 Å². The molecule has 0 fully saturated rings. The van der Waals surface area contributed by atoms with Crippen LogP contribution in [0, 0.1) is 17.8 Å². The van der Waals surface area contributed by atoms with Gasteiger partial charge in [0.2, 0.25) is 5.75 Å². The van der Waals surface area contributed by atoms with Crippen LogP contribution in [0.3, 0.4) is 0 Å². The van der Waals surface area contributed by atoms with Crippen molar-refractivity contribution in [3.05, 3.63) is 53.1 Å². The van der Waals surface area contributed by atoms with E-state index in [0.29, 0.717) is 40.5 Å². The van der Waals surface area contributed by atoms with E-state index in [2.05, 4.69) is 0 Å². The van der Waals surface area contributed by atoms with Crippen LogP contribution < -0.4 is 18.9 Å². The first-order valence-corrected chi connectivity index (χ1v) is 12.3. The van der Waals surface area contributed by atoms with Crippen LogP contribution in [-0.2, 0) is 9.59 Å². The summed E-state index contributed by atoms with van der Waals surface area (Å²) in [5.74, 6) is 0.352. The fourth-order valence-corrected chi connectivity index (χ4v) is 3.02. The van der Waals surface area contributed by atoms with Crippen molar-refractivity contribution in [1.82, 2.24) is 0 Å². The number of aryl methyl sites for hydroxylation is 1. The highest BCUT2D eigenvalue weighted by atomic mass is 16.6. The molecule has 2 aromatic carbocycles. The number of esters is 2. The predicted octanol–water partition coefficient (Wildman–Crippen LogP) is 6.59. The zero-order valence-corrected chi connectivity index (χ0v) is 23.3. The highest BCUT2D eigenvalue weighted by Crippen LogP contribution is 2.44. The second-order valence-electron chi connectivity index (χ2n) is 10.8. The summed E-state index contributed by atoms with van der Waals surface area (Å²) in [6.07, 6.45) is 3.83. The SMILES string of the molecule is CCCOc1c(C=CC(=O)c2ccc(OC(=O)C(C)(C)C)cc2)cc(C)c(OC(=O)C(C)(C)C)c1OC. The van der Waals surface area contributed by atoms with Crippen LogP contribution in [0.25, 0.3) is 6.08 Å². The van der Waals surface area contributed by atoms with E-state index in [9.17, 15) is 14.4 Å². The number of methoxy groups -OCH3 is 1. The lowest BCUT2D eigenvalue weighted by Crippen LogP contribution is -2.26. The van der Waals surface area contributed by atoms with Crippen LogP contribution >= 0.6 is 0 Å². The van der Waals surface area contributed by atoms with Gasteiger partial charge in [0.25, 0.3) is 0 Å². The third kappa shape index (κ3) is 7.94. The third-order valence-electron chi connectivity index (χ3n) is 5.24. The van der Waals surface area contributed by atoms with Crippen molar-refractivity contribution in [3.8, 4) is 23.0 Å². The second-order valence-corrected chi connectivity index (χ2v) is 10.8. The Hall–Kier alpha value is -3.61. The van der Waals surface area contributed by atoms with E-state index in [1.165, 1.54) is 13.2 Å². The Balaban J connectivity index is 2.37. The Morgan fingerprint density at radius 2 is 1.41 bits per heavy atom. The van der Waals surface area contributed by atoms with E-state index in [-0.39, 0.29) is 17.5 Å². The standard InChI is InChI=1S/C30H38O7/c1-10-17-35-25-21(18-19(2)24(26(25)34-9)37-28(33)30(6,7)8)13-16-23(31)20-11-14-22(15-12-20)36-27(32)29(3,4)5/h11-16,18H,10,17H2,1-9H3. The Bertz CT molecular complexity index is 1160. The molecule has 0 aromatic heterocycles. The van der Waals surface area contributed by atoms with Crippen molar-refractivity contribution in [2.75, 3.05) is 13.7 Å². The van der Waals surface area contributed by atoms with Gasteiger partial charge in [-0.15, -0.1) is 0 Å². The number of benzene rings is 2. The number of carbonyl (C=O) groups excluding carboxylic acids is 3. The molecule has 0 N–H and O–H groups in total. The summed E-state index contributed by atoms with van der Waals surface area (Å²) < 4.78 is 22.6. The van der Waals surface area contributed by atoms with Gasteiger partial charge in [-0.05, 0) is 103 Å². The number of ketones is 1. The molecule has 0 saturated heterocycles. The van der Waals surface area contributed by atoms with Crippen LogP contribution in [0.4, 0.5) is 0 Å². The topological polar surface area (TPSA) is 88.1 Å². The largest absolute Gasteiger partial charge is 0.490 e. The lowest BCUT2D eigenvalue weighted by atomic mass is 9.97. The molecule has 0 spiro atoms. The van der Waals surface area contributed by atoms with Gasteiger partial charge in [-0.25, -0.2) is 0 Å². The molecule has 0 aliphatic heterocycles. The summed E-state index contributed by atoms with van der Waals surface area (Å²) >= 11 is 0. The van der Waals surface area contributed by atoms with E-state index >= 15 is 0 Å². The van der Waals surface area contributed by atoms with E-state index in [4.69, 9.17) is 18.9 Å². The predicted molar refractivity (Wildman–Crippen MR) is 144 cm³/mol. The first-order valence-electron chi connectivity index (χ1n) is 12.3. The first-order chi connectivity index (χ1) is 17.2. The summed E-state index contributed by atoms with van der Waals surface area (Å²) in [4.78, 5) is 37.5. The Morgan fingerprint density at radius 3 is 1.92 bits per heavy atom. The smallest absolute Gasteiger partial charge is 0.316 e. The molecule has 0 atom stereocenters. The maximum absolute atomic E-state index is 12.9. The molecule has 2 aromatic rings. The van der Waals surface area contributed by atoms with Crippen molar-refractivity contribution in [3.63, 3.8) is 0 Å². The maximum atomic E-state index is 12.9. The van der Waals surface area contributed by atoms with Crippen molar-refractivity contribution in [1.29, 1.82) is 0 Å². The van der Waals surface area contributed by atoms with Crippen molar-refractivity contribution in [2.45, 2.75) is 61.8 Å². The van der Waals surface area contributed by atoms with Gasteiger partial charge in [-0.2, -0.15) is 0 Å². The highest BCUT2D eigenvalue weighted by molar-refractivity contribution is 6.07. The van der Waals surface area contributed by atoms with Crippen LogP contribution in [0.2, 0.25) is 0 Å². The van der Waals surface area contributed by atoms with Crippen LogP contribution in [-0.4, -0.2) is 31.4 Å². The number of ether oxygens (including phenoxy) is 4. The summed E-state index contributed by atoms with van der Waals surface area (Å²) in [7, 11) is 1.48. The monoisotopic (exact) mass is 510 g/mol. The lowest BCUT2D eigenvalue weighted by Gasteiger charge is -2.21. The molecule has 0 amide bonds. The summed E-state index contributed by atoms with van der Waals surface area (Å²) in [6, 6.07) is 8.18. The molecule has 7 nitrogen and oxygen atoms in total. The third-order valence-corrected chi connectivity index (χ3v) is 5.24. The summed E-state index contributed by atoms with van der Waals surface area (Å²) in [5.41, 5.74) is 0.377. The molecule has 0 saturated carbocycles. The molecular weight excluding hydrogens is 472 g/mol. The maximum Gasteiger partial charge on any atom is 0.316 e. The minimum absolute atomic E-state index is 0.241. The van der Waals surface area contributed by atoms with Crippen molar-refractivity contribution >= 4 is 23.8 Å². The van der Waals surface area contributed by atoms with E-state index in [1.54, 1.807) is 84.9 Å². The van der Waals surface area contributed by atoms with Gasteiger partial charge in [-0.1, -0.05) is 6.92 Å². The van der Waals surface area contributed by atoms with Crippen LogP contribution in [0.5, 0.6) is 23.0 Å². The molecule has 0 heterocycles. The summed E-state index contributed by atoms with van der Waals surface area (Å²) in [5, 5.41) is 0. The van der Waals surface area contributed by atoms with E-state index in [1.807, 2.05) is 6.92 Å². The van der Waals surface area contributed by atoms with Crippen molar-refractivity contribution in [2.24, 2.45) is 10.8 Å². The lowest BCUT2D eigenvalue weighted by molar-refractivity contribution is -0.143.